The summed E-state index contributed by atoms with van der Waals surface area (Å²) in [6.07, 6.45) is 0. The van der Waals surface area contributed by atoms with Gasteiger partial charge in [0.1, 0.15) is 4.91 Å². The average Bonchev–Trinajstić information content (AvgIpc) is 2.65. The summed E-state index contributed by atoms with van der Waals surface area (Å²) in [5, 5.41) is 10.7. The van der Waals surface area contributed by atoms with Crippen LogP contribution in [-0.2, 0) is 4.79 Å². The van der Waals surface area contributed by atoms with Crippen molar-refractivity contribution >= 4 is 34.9 Å². The zero-order chi connectivity index (χ0) is 19.4. The van der Waals surface area contributed by atoms with E-state index in [0.29, 0.717) is 15.5 Å². The van der Waals surface area contributed by atoms with Crippen LogP contribution in [0.3, 0.4) is 0 Å². The Morgan fingerprint density at radius 2 is 1.37 bits per heavy atom. The van der Waals surface area contributed by atoms with Crippen molar-refractivity contribution in [2.45, 2.75) is 18.7 Å². The largest absolute Gasteiger partial charge is 0.477 e. The molecule has 1 N–H and O–H groups in total. The molecule has 0 unspecified atom stereocenters. The molecule has 3 aromatic rings. The van der Waals surface area contributed by atoms with E-state index in [0.717, 1.165) is 27.1 Å². The van der Waals surface area contributed by atoms with Crippen LogP contribution in [0.2, 0.25) is 5.02 Å². The molecule has 0 fully saturated rings. The summed E-state index contributed by atoms with van der Waals surface area (Å²) < 4.78 is 0. The monoisotopic (exact) mass is 394 g/mol. The van der Waals surface area contributed by atoms with E-state index in [-0.39, 0.29) is 0 Å². The minimum absolute atomic E-state index is 0.293. The molecule has 0 aliphatic carbocycles. The third-order valence-electron chi connectivity index (χ3n) is 4.23. The summed E-state index contributed by atoms with van der Waals surface area (Å²) in [5.41, 5.74) is 4.48. The lowest BCUT2D eigenvalue weighted by molar-refractivity contribution is -0.131. The maximum atomic E-state index is 12.3. The molecule has 0 spiro atoms. The third kappa shape index (κ3) is 4.44. The van der Waals surface area contributed by atoms with Gasteiger partial charge >= 0.3 is 5.97 Å². The van der Waals surface area contributed by atoms with E-state index in [1.807, 2.05) is 74.5 Å². The molecule has 0 heterocycles. The topological polar surface area (TPSA) is 37.3 Å². The van der Waals surface area contributed by atoms with Crippen LogP contribution in [0.25, 0.3) is 5.57 Å². The normalized spacial score (nSPS) is 11.8. The Morgan fingerprint density at radius 3 is 1.93 bits per heavy atom. The number of hydrogen-bond acceptors (Lipinski definition) is 2. The molecule has 0 bridgehead atoms. The van der Waals surface area contributed by atoms with Gasteiger partial charge in [-0.15, -0.1) is 0 Å². The van der Waals surface area contributed by atoms with E-state index in [1.54, 1.807) is 12.1 Å². The van der Waals surface area contributed by atoms with E-state index in [4.69, 9.17) is 11.6 Å². The Morgan fingerprint density at radius 1 is 0.815 bits per heavy atom. The van der Waals surface area contributed by atoms with Crippen LogP contribution in [0.4, 0.5) is 0 Å². The van der Waals surface area contributed by atoms with Gasteiger partial charge in [-0.3, -0.25) is 0 Å². The van der Waals surface area contributed by atoms with Crippen LogP contribution in [0.5, 0.6) is 0 Å². The molecule has 0 atom stereocenters. The first kappa shape index (κ1) is 19.3. The van der Waals surface area contributed by atoms with Gasteiger partial charge in [-0.1, -0.05) is 84.0 Å². The fourth-order valence-electron chi connectivity index (χ4n) is 2.91. The Bertz CT molecular complexity index is 972. The van der Waals surface area contributed by atoms with E-state index < -0.39 is 5.97 Å². The molecule has 0 saturated heterocycles. The number of aliphatic carboxylic acids is 1. The lowest BCUT2D eigenvalue weighted by Crippen LogP contribution is -2.04. The Labute approximate surface area is 168 Å². The first-order chi connectivity index (χ1) is 13.0. The maximum Gasteiger partial charge on any atom is 0.343 e. The fraction of sp³-hybridized carbons (Fsp3) is 0.0870. The molecule has 3 aromatic carbocycles. The minimum atomic E-state index is -0.948. The molecule has 0 saturated carbocycles. The van der Waals surface area contributed by atoms with Gasteiger partial charge in [0.05, 0.1) is 0 Å². The van der Waals surface area contributed by atoms with Crippen LogP contribution >= 0.6 is 23.4 Å². The highest BCUT2D eigenvalue weighted by Gasteiger charge is 2.21. The highest BCUT2D eigenvalue weighted by molar-refractivity contribution is 8.04. The predicted molar refractivity (Wildman–Crippen MR) is 113 cm³/mol. The number of rotatable bonds is 5. The van der Waals surface area contributed by atoms with Crippen LogP contribution in [0.15, 0.2) is 82.6 Å². The van der Waals surface area contributed by atoms with Gasteiger partial charge in [0.15, 0.2) is 0 Å². The van der Waals surface area contributed by atoms with Gasteiger partial charge in [0, 0.05) is 15.5 Å². The second kappa shape index (κ2) is 8.47. The number of thioether (sulfide) groups is 1. The van der Waals surface area contributed by atoms with E-state index in [9.17, 15) is 9.90 Å². The summed E-state index contributed by atoms with van der Waals surface area (Å²) in [6, 6.07) is 22.9. The van der Waals surface area contributed by atoms with Gasteiger partial charge in [0.25, 0.3) is 0 Å². The van der Waals surface area contributed by atoms with Crippen molar-refractivity contribution in [3.63, 3.8) is 0 Å². The van der Waals surface area contributed by atoms with Gasteiger partial charge in [0.2, 0.25) is 0 Å². The first-order valence-electron chi connectivity index (χ1n) is 8.50. The molecular weight excluding hydrogens is 376 g/mol. The van der Waals surface area contributed by atoms with Gasteiger partial charge in [-0.2, -0.15) is 0 Å². The third-order valence-corrected chi connectivity index (χ3v) is 5.91. The van der Waals surface area contributed by atoms with Crippen LogP contribution in [0.1, 0.15) is 22.3 Å². The average molecular weight is 395 g/mol. The highest BCUT2D eigenvalue weighted by Crippen LogP contribution is 2.39. The molecule has 4 heteroatoms. The van der Waals surface area contributed by atoms with Gasteiger partial charge < -0.3 is 5.11 Å². The summed E-state index contributed by atoms with van der Waals surface area (Å²) in [7, 11) is 0. The molecular formula is C23H19ClO2S. The first-order valence-corrected chi connectivity index (χ1v) is 9.70. The van der Waals surface area contributed by atoms with Crippen molar-refractivity contribution in [1.82, 2.24) is 0 Å². The van der Waals surface area contributed by atoms with Crippen LogP contribution < -0.4 is 0 Å². The lowest BCUT2D eigenvalue weighted by Gasteiger charge is -2.16. The smallest absolute Gasteiger partial charge is 0.343 e. The minimum Gasteiger partial charge on any atom is -0.477 e. The molecule has 0 aliphatic heterocycles. The second-order valence-electron chi connectivity index (χ2n) is 6.21. The molecule has 0 radical (unpaired) electrons. The number of carboxylic acid groups (broad SMARTS) is 1. The van der Waals surface area contributed by atoms with Crippen LogP contribution in [-0.4, -0.2) is 11.1 Å². The summed E-state index contributed by atoms with van der Waals surface area (Å²) in [6.45, 7) is 4.00. The van der Waals surface area contributed by atoms with Crippen molar-refractivity contribution < 1.29 is 9.90 Å². The van der Waals surface area contributed by atoms with E-state index >= 15 is 0 Å². The second-order valence-corrected chi connectivity index (χ2v) is 7.66. The Hall–Kier alpha value is -2.49. The molecule has 0 aliphatic rings. The summed E-state index contributed by atoms with van der Waals surface area (Å²) in [5.74, 6) is -0.948. The number of aryl methyl sites for hydroxylation is 2. The van der Waals surface area contributed by atoms with Crippen molar-refractivity contribution in [1.29, 1.82) is 0 Å². The molecule has 0 aromatic heterocycles. The van der Waals surface area contributed by atoms with E-state index in [1.165, 1.54) is 11.8 Å². The zero-order valence-corrected chi connectivity index (χ0v) is 16.6. The molecule has 3 rings (SSSR count). The number of carboxylic acids is 1. The molecule has 136 valence electrons. The Kier molecular flexibility index (Phi) is 6.04. The van der Waals surface area contributed by atoms with Crippen molar-refractivity contribution in [2.75, 3.05) is 0 Å². The summed E-state index contributed by atoms with van der Waals surface area (Å²) >= 11 is 7.34. The van der Waals surface area contributed by atoms with Crippen molar-refractivity contribution in [3.8, 4) is 0 Å². The number of benzene rings is 3. The quantitative estimate of drug-likeness (QED) is 0.391. The zero-order valence-electron chi connectivity index (χ0n) is 15.1. The maximum absolute atomic E-state index is 12.3. The SMILES string of the molecule is Cc1cccc(C)c1S/C(C(=O)O)=C(\c1ccccc1)c1ccc(Cl)cc1. The van der Waals surface area contributed by atoms with Crippen molar-refractivity contribution in [3.05, 3.63) is 105 Å². The Balaban J connectivity index is 2.25. The number of halogens is 1. The van der Waals surface area contributed by atoms with Gasteiger partial charge in [-0.25, -0.2) is 4.79 Å². The summed E-state index contributed by atoms with van der Waals surface area (Å²) in [4.78, 5) is 13.5. The van der Waals surface area contributed by atoms with Gasteiger partial charge in [-0.05, 0) is 48.2 Å². The van der Waals surface area contributed by atoms with Crippen molar-refractivity contribution in [2.24, 2.45) is 0 Å². The predicted octanol–water partition coefficient (Wildman–Crippen LogP) is 6.59. The van der Waals surface area contributed by atoms with E-state index in [2.05, 4.69) is 0 Å². The number of carbonyl (C=O) groups is 1. The highest BCUT2D eigenvalue weighted by atomic mass is 35.5. The van der Waals surface area contributed by atoms with Crippen LogP contribution in [0, 0.1) is 13.8 Å². The molecule has 2 nitrogen and oxygen atoms in total. The fourth-order valence-corrected chi connectivity index (χ4v) is 4.13. The molecule has 0 amide bonds. The standard InChI is InChI=1S/C23H19ClO2S/c1-15-7-6-8-16(2)21(15)27-22(23(25)26)20(17-9-4-3-5-10-17)18-11-13-19(24)14-12-18/h3-14H,1-2H3,(H,25,26)/b22-20+. The number of hydrogen-bond donors (Lipinski definition) is 1. The molecule has 27 heavy (non-hydrogen) atoms. The lowest BCUT2D eigenvalue weighted by atomic mass is 9.97.